The summed E-state index contributed by atoms with van der Waals surface area (Å²) in [5.41, 5.74) is -0.744. The van der Waals surface area contributed by atoms with Gasteiger partial charge in [0.1, 0.15) is 5.54 Å². The Morgan fingerprint density at radius 3 is 2.29 bits per heavy atom. The first-order valence-electron chi connectivity index (χ1n) is 4.86. The number of aliphatic hydroxyl groups excluding tert-OH is 1. The number of imide groups is 1. The van der Waals surface area contributed by atoms with Gasteiger partial charge in [-0.2, -0.15) is 0 Å². The van der Waals surface area contributed by atoms with Crippen molar-refractivity contribution < 1.29 is 14.7 Å². The monoisotopic (exact) mass is 200 g/mol. The lowest BCUT2D eigenvalue weighted by Crippen LogP contribution is -2.45. The van der Waals surface area contributed by atoms with E-state index in [2.05, 4.69) is 5.32 Å². The van der Waals surface area contributed by atoms with Gasteiger partial charge in [0.2, 0.25) is 0 Å². The quantitative estimate of drug-likeness (QED) is 0.632. The van der Waals surface area contributed by atoms with E-state index in [1.54, 1.807) is 0 Å². The minimum Gasteiger partial charge on any atom is -0.395 e. The second-order valence-corrected chi connectivity index (χ2v) is 3.40. The number of hydrogen-bond acceptors (Lipinski definition) is 3. The van der Waals surface area contributed by atoms with E-state index in [0.717, 1.165) is 4.90 Å². The molecule has 0 atom stereocenters. The molecule has 1 fully saturated rings. The third kappa shape index (κ3) is 1.48. The molecule has 0 aromatic carbocycles. The van der Waals surface area contributed by atoms with Gasteiger partial charge in [-0.15, -0.1) is 0 Å². The van der Waals surface area contributed by atoms with Crippen LogP contribution in [-0.4, -0.2) is 40.6 Å². The van der Waals surface area contributed by atoms with E-state index in [1.165, 1.54) is 0 Å². The van der Waals surface area contributed by atoms with Crippen LogP contribution in [0.3, 0.4) is 0 Å². The van der Waals surface area contributed by atoms with Gasteiger partial charge in [0, 0.05) is 0 Å². The van der Waals surface area contributed by atoms with Crippen LogP contribution in [0, 0.1) is 0 Å². The predicted molar refractivity (Wildman–Crippen MR) is 50.6 cm³/mol. The summed E-state index contributed by atoms with van der Waals surface area (Å²) in [5.74, 6) is -0.221. The molecule has 14 heavy (non-hydrogen) atoms. The smallest absolute Gasteiger partial charge is 0.325 e. The molecule has 0 radical (unpaired) electrons. The number of carbonyl (C=O) groups excluding carboxylic acids is 2. The average Bonchev–Trinajstić information content (AvgIpc) is 2.43. The molecule has 5 nitrogen and oxygen atoms in total. The van der Waals surface area contributed by atoms with Crippen LogP contribution < -0.4 is 5.32 Å². The largest absolute Gasteiger partial charge is 0.395 e. The van der Waals surface area contributed by atoms with Crippen molar-refractivity contribution in [2.75, 3.05) is 13.2 Å². The summed E-state index contributed by atoms with van der Waals surface area (Å²) in [4.78, 5) is 24.3. The minimum atomic E-state index is -0.744. The predicted octanol–water partition coefficient (Wildman–Crippen LogP) is 0.0893. The number of β-amino-alcohol motifs (C(OH)–C–C–N with tert-alkyl or cyclic N) is 1. The lowest BCUT2D eigenvalue weighted by Gasteiger charge is -2.22. The SMILES string of the molecule is CCC1(CC)NC(=O)N(CCO)C1=O. The normalized spacial score (nSPS) is 20.1. The summed E-state index contributed by atoms with van der Waals surface area (Å²) in [5, 5.41) is 11.4. The number of nitrogens with one attached hydrogen (secondary N) is 1. The Kier molecular flexibility index (Phi) is 3.10. The van der Waals surface area contributed by atoms with E-state index in [0.29, 0.717) is 12.8 Å². The molecular weight excluding hydrogens is 184 g/mol. The Bertz CT molecular complexity index is 248. The number of hydrogen-bond donors (Lipinski definition) is 2. The van der Waals surface area contributed by atoms with Crippen molar-refractivity contribution in [3.63, 3.8) is 0 Å². The molecule has 0 bridgehead atoms. The Hall–Kier alpha value is -1.10. The fraction of sp³-hybridized carbons (Fsp3) is 0.778. The van der Waals surface area contributed by atoms with Crippen LogP contribution in [0.25, 0.3) is 0 Å². The van der Waals surface area contributed by atoms with Crippen LogP contribution in [-0.2, 0) is 4.79 Å². The van der Waals surface area contributed by atoms with E-state index in [1.807, 2.05) is 13.8 Å². The third-order valence-electron chi connectivity index (χ3n) is 2.78. The minimum absolute atomic E-state index is 0.0758. The summed E-state index contributed by atoms with van der Waals surface area (Å²) in [7, 11) is 0. The van der Waals surface area contributed by atoms with Crippen LogP contribution in [0.15, 0.2) is 0 Å². The molecule has 1 aliphatic heterocycles. The molecule has 3 amide bonds. The van der Waals surface area contributed by atoms with Crippen LogP contribution in [0.5, 0.6) is 0 Å². The molecule has 1 rings (SSSR count). The zero-order valence-corrected chi connectivity index (χ0v) is 8.54. The fourth-order valence-electron chi connectivity index (χ4n) is 1.71. The maximum absolute atomic E-state index is 11.8. The lowest BCUT2D eigenvalue weighted by atomic mass is 9.93. The van der Waals surface area contributed by atoms with Crippen molar-refractivity contribution in [1.29, 1.82) is 0 Å². The topological polar surface area (TPSA) is 69.6 Å². The van der Waals surface area contributed by atoms with Crippen LogP contribution in [0.4, 0.5) is 4.79 Å². The zero-order chi connectivity index (χ0) is 10.8. The molecule has 0 spiro atoms. The Balaban J connectivity index is 2.87. The highest BCUT2D eigenvalue weighted by atomic mass is 16.3. The number of rotatable bonds is 4. The van der Waals surface area contributed by atoms with Gasteiger partial charge in [0.25, 0.3) is 5.91 Å². The fourth-order valence-corrected chi connectivity index (χ4v) is 1.71. The van der Waals surface area contributed by atoms with Crippen molar-refractivity contribution in [3.05, 3.63) is 0 Å². The second kappa shape index (κ2) is 3.96. The average molecular weight is 200 g/mol. The van der Waals surface area contributed by atoms with E-state index in [9.17, 15) is 9.59 Å². The molecule has 5 heteroatoms. The molecule has 80 valence electrons. The molecule has 0 aromatic heterocycles. The highest BCUT2D eigenvalue weighted by Crippen LogP contribution is 2.24. The molecule has 1 heterocycles. The summed E-state index contributed by atoms with van der Waals surface area (Å²) in [6.45, 7) is 3.61. The Morgan fingerprint density at radius 1 is 1.36 bits per heavy atom. The van der Waals surface area contributed by atoms with E-state index in [4.69, 9.17) is 5.11 Å². The first-order valence-corrected chi connectivity index (χ1v) is 4.86. The van der Waals surface area contributed by atoms with Crippen molar-refractivity contribution >= 4 is 11.9 Å². The second-order valence-electron chi connectivity index (χ2n) is 3.40. The summed E-state index contributed by atoms with van der Waals surface area (Å²) < 4.78 is 0. The van der Waals surface area contributed by atoms with E-state index >= 15 is 0 Å². The first kappa shape index (κ1) is 11.0. The van der Waals surface area contributed by atoms with Crippen LogP contribution >= 0.6 is 0 Å². The molecule has 0 saturated carbocycles. The number of urea groups is 1. The van der Waals surface area contributed by atoms with Crippen LogP contribution in [0.1, 0.15) is 26.7 Å². The maximum atomic E-state index is 11.8. The highest BCUT2D eigenvalue weighted by molar-refractivity contribution is 6.06. The first-order chi connectivity index (χ1) is 6.61. The molecule has 0 aromatic rings. The number of aliphatic hydroxyl groups is 1. The molecule has 0 unspecified atom stereocenters. The van der Waals surface area contributed by atoms with Gasteiger partial charge in [0.05, 0.1) is 13.2 Å². The van der Waals surface area contributed by atoms with Crippen LogP contribution in [0.2, 0.25) is 0 Å². The number of carbonyl (C=O) groups is 2. The molecular formula is C9H16N2O3. The van der Waals surface area contributed by atoms with Crippen molar-refractivity contribution in [2.45, 2.75) is 32.2 Å². The molecule has 2 N–H and O–H groups in total. The Morgan fingerprint density at radius 2 is 1.93 bits per heavy atom. The van der Waals surface area contributed by atoms with Gasteiger partial charge in [-0.25, -0.2) is 4.79 Å². The van der Waals surface area contributed by atoms with Gasteiger partial charge in [-0.3, -0.25) is 9.69 Å². The molecule has 1 saturated heterocycles. The highest BCUT2D eigenvalue weighted by Gasteiger charge is 2.48. The van der Waals surface area contributed by atoms with Gasteiger partial charge in [-0.05, 0) is 12.8 Å². The zero-order valence-electron chi connectivity index (χ0n) is 8.54. The maximum Gasteiger partial charge on any atom is 0.325 e. The number of amides is 3. The lowest BCUT2D eigenvalue weighted by molar-refractivity contribution is -0.131. The van der Waals surface area contributed by atoms with Gasteiger partial charge in [0.15, 0.2) is 0 Å². The van der Waals surface area contributed by atoms with Gasteiger partial charge >= 0.3 is 6.03 Å². The van der Waals surface area contributed by atoms with Gasteiger partial charge in [-0.1, -0.05) is 13.8 Å². The third-order valence-corrected chi connectivity index (χ3v) is 2.78. The van der Waals surface area contributed by atoms with Crippen molar-refractivity contribution in [1.82, 2.24) is 10.2 Å². The molecule has 1 aliphatic rings. The van der Waals surface area contributed by atoms with Gasteiger partial charge < -0.3 is 10.4 Å². The van der Waals surface area contributed by atoms with E-state index < -0.39 is 11.6 Å². The Labute approximate surface area is 83.1 Å². The summed E-state index contributed by atoms with van der Waals surface area (Å²) >= 11 is 0. The van der Waals surface area contributed by atoms with Crippen molar-refractivity contribution in [3.8, 4) is 0 Å². The molecule has 0 aliphatic carbocycles. The number of nitrogens with zero attached hydrogens (tertiary/aromatic N) is 1. The van der Waals surface area contributed by atoms with Crippen molar-refractivity contribution in [2.24, 2.45) is 0 Å². The van der Waals surface area contributed by atoms with E-state index in [-0.39, 0.29) is 19.1 Å². The summed E-state index contributed by atoms with van der Waals surface area (Å²) in [6, 6.07) is -0.396. The summed E-state index contributed by atoms with van der Waals surface area (Å²) in [6.07, 6.45) is 1.16. The standard InChI is InChI=1S/C9H16N2O3/c1-3-9(4-2)7(13)11(5-6-12)8(14)10-9/h12H,3-6H2,1-2H3,(H,10,14).